The fourth-order valence-corrected chi connectivity index (χ4v) is 2.09. The van der Waals surface area contributed by atoms with Crippen LogP contribution in [0.5, 0.6) is 5.75 Å². The highest BCUT2D eigenvalue weighted by molar-refractivity contribution is 6.03. The van der Waals surface area contributed by atoms with Crippen LogP contribution < -0.4 is 21.6 Å². The molecule has 118 valence electrons. The van der Waals surface area contributed by atoms with Crippen molar-refractivity contribution in [3.8, 4) is 5.75 Å². The summed E-state index contributed by atoms with van der Waals surface area (Å²) in [6.07, 6.45) is 1.46. The minimum Gasteiger partial charge on any atom is -0.497 e. The molecule has 22 heavy (non-hydrogen) atoms. The average Bonchev–Trinajstić information content (AvgIpc) is 2.46. The van der Waals surface area contributed by atoms with E-state index in [0.29, 0.717) is 23.2 Å². The molecule has 2 rings (SSSR count). The Labute approximate surface area is 133 Å². The summed E-state index contributed by atoms with van der Waals surface area (Å²) in [5.41, 5.74) is 10.6. The number of ether oxygens (including phenoxy) is 1. The first-order valence-corrected chi connectivity index (χ1v) is 6.33. The molecule has 8 heteroatoms. The molecular weight excluding hydrogens is 308 g/mol. The van der Waals surface area contributed by atoms with Crippen molar-refractivity contribution in [3.05, 3.63) is 40.2 Å². The normalized spacial score (nSPS) is 9.91. The van der Waals surface area contributed by atoms with E-state index in [9.17, 15) is 9.59 Å². The Bertz CT molecular complexity index is 795. The third-order valence-electron chi connectivity index (χ3n) is 3.09. The third kappa shape index (κ3) is 3.20. The second kappa shape index (κ2) is 6.95. The topological polar surface area (TPSA) is 113 Å². The van der Waals surface area contributed by atoms with Gasteiger partial charge in [0.05, 0.1) is 18.0 Å². The third-order valence-corrected chi connectivity index (χ3v) is 3.09. The van der Waals surface area contributed by atoms with Gasteiger partial charge < -0.3 is 20.8 Å². The Hall–Kier alpha value is -2.54. The van der Waals surface area contributed by atoms with Gasteiger partial charge in [0.2, 0.25) is 5.43 Å². The number of carbonyl (C=O) groups excluding carboxylic acids is 1. The van der Waals surface area contributed by atoms with Gasteiger partial charge in [0, 0.05) is 12.7 Å². The number of aryl methyl sites for hydroxylation is 1. The van der Waals surface area contributed by atoms with Crippen molar-refractivity contribution in [3.63, 3.8) is 0 Å². The number of rotatable bonds is 3. The Morgan fingerprint density at radius 2 is 2.05 bits per heavy atom. The Kier molecular flexibility index (Phi) is 5.53. The maximum Gasteiger partial charge on any atom is 0.285 e. The smallest absolute Gasteiger partial charge is 0.285 e. The predicted molar refractivity (Wildman–Crippen MR) is 87.8 cm³/mol. The molecular formula is C14H17ClN4O3. The molecule has 0 unspecified atom stereocenters. The zero-order chi connectivity index (χ0) is 15.6. The highest BCUT2D eigenvalue weighted by atomic mass is 35.5. The number of amides is 1. The summed E-state index contributed by atoms with van der Waals surface area (Å²) in [4.78, 5) is 27.8. The van der Waals surface area contributed by atoms with Crippen molar-refractivity contribution < 1.29 is 9.53 Å². The molecule has 0 radical (unpaired) electrons. The number of halogens is 1. The fourth-order valence-electron chi connectivity index (χ4n) is 2.09. The summed E-state index contributed by atoms with van der Waals surface area (Å²) in [5, 5.41) is 0.382. The van der Waals surface area contributed by atoms with Gasteiger partial charge in [0.15, 0.2) is 5.96 Å². The van der Waals surface area contributed by atoms with E-state index in [4.69, 9.17) is 16.2 Å². The second-order valence-corrected chi connectivity index (χ2v) is 4.38. The molecule has 0 aliphatic rings. The van der Waals surface area contributed by atoms with Gasteiger partial charge in [-0.2, -0.15) is 4.99 Å². The maximum atomic E-state index is 12.4. The highest BCUT2D eigenvalue weighted by Gasteiger charge is 2.15. The summed E-state index contributed by atoms with van der Waals surface area (Å²) < 4.78 is 6.90. The number of methoxy groups -OCH3 is 1. The molecule has 1 heterocycles. The molecule has 1 amide bonds. The summed E-state index contributed by atoms with van der Waals surface area (Å²) >= 11 is 0. The molecule has 7 nitrogen and oxygen atoms in total. The molecule has 0 saturated carbocycles. The quantitative estimate of drug-likeness (QED) is 0.642. The lowest BCUT2D eigenvalue weighted by molar-refractivity contribution is 0.100. The van der Waals surface area contributed by atoms with Crippen LogP contribution in [-0.4, -0.2) is 23.5 Å². The van der Waals surface area contributed by atoms with Crippen LogP contribution in [0.15, 0.2) is 34.2 Å². The van der Waals surface area contributed by atoms with Gasteiger partial charge in [-0.3, -0.25) is 9.59 Å². The van der Waals surface area contributed by atoms with Crippen LogP contribution in [0, 0.1) is 0 Å². The molecule has 0 saturated heterocycles. The number of pyridine rings is 1. The number of aliphatic imine (C=N–C) groups is 1. The lowest BCUT2D eigenvalue weighted by Crippen LogP contribution is -2.26. The number of aromatic nitrogens is 1. The minimum atomic E-state index is -0.757. The van der Waals surface area contributed by atoms with Gasteiger partial charge in [0.1, 0.15) is 11.3 Å². The first-order chi connectivity index (χ1) is 9.97. The van der Waals surface area contributed by atoms with Crippen LogP contribution in [0.4, 0.5) is 0 Å². The number of hydrogen-bond donors (Lipinski definition) is 2. The Morgan fingerprint density at radius 1 is 1.36 bits per heavy atom. The van der Waals surface area contributed by atoms with Crippen molar-refractivity contribution in [1.29, 1.82) is 0 Å². The number of carbonyl (C=O) groups is 1. The molecule has 0 aliphatic carbocycles. The van der Waals surface area contributed by atoms with Gasteiger partial charge in [0.25, 0.3) is 5.91 Å². The van der Waals surface area contributed by atoms with E-state index in [1.807, 2.05) is 6.92 Å². The van der Waals surface area contributed by atoms with E-state index in [1.165, 1.54) is 13.3 Å². The standard InChI is InChI=1S/C14H16N4O3.ClH/c1-3-18-7-10(13(20)17-14(15)16)12(19)9-6-8(21-2)4-5-11(9)18;/h4-7H,3H2,1-2H3,(H4,15,16,17,20);1H. The van der Waals surface area contributed by atoms with E-state index < -0.39 is 11.3 Å². The second-order valence-electron chi connectivity index (χ2n) is 4.38. The zero-order valence-electron chi connectivity index (χ0n) is 12.2. The molecule has 2 aromatic rings. The summed E-state index contributed by atoms with van der Waals surface area (Å²) in [6.45, 7) is 2.49. The summed E-state index contributed by atoms with van der Waals surface area (Å²) in [7, 11) is 1.51. The molecule has 0 bridgehead atoms. The van der Waals surface area contributed by atoms with Crippen LogP contribution >= 0.6 is 12.4 Å². The SMILES string of the molecule is CCn1cc(C(=O)N=C(N)N)c(=O)c2cc(OC)ccc21.Cl. The summed E-state index contributed by atoms with van der Waals surface area (Å²) in [5.74, 6) is -0.603. The number of fused-ring (bicyclic) bond motifs is 1. The van der Waals surface area contributed by atoms with Crippen LogP contribution in [0.2, 0.25) is 0 Å². The number of hydrogen-bond acceptors (Lipinski definition) is 3. The molecule has 1 aromatic carbocycles. The van der Waals surface area contributed by atoms with Crippen LogP contribution in [0.25, 0.3) is 10.9 Å². The molecule has 0 fully saturated rings. The number of nitrogens with zero attached hydrogens (tertiary/aromatic N) is 2. The average molecular weight is 325 g/mol. The van der Waals surface area contributed by atoms with Crippen molar-refractivity contribution in [2.24, 2.45) is 16.5 Å². The zero-order valence-corrected chi connectivity index (χ0v) is 13.0. The number of guanidine groups is 1. The lowest BCUT2D eigenvalue weighted by atomic mass is 10.1. The molecule has 0 atom stereocenters. The highest BCUT2D eigenvalue weighted by Crippen LogP contribution is 2.19. The Morgan fingerprint density at radius 3 is 2.59 bits per heavy atom. The lowest BCUT2D eigenvalue weighted by Gasteiger charge is -2.11. The number of benzene rings is 1. The van der Waals surface area contributed by atoms with Gasteiger partial charge in [-0.05, 0) is 25.1 Å². The molecule has 4 N–H and O–H groups in total. The van der Waals surface area contributed by atoms with Gasteiger partial charge in [-0.1, -0.05) is 0 Å². The molecule has 1 aromatic heterocycles. The van der Waals surface area contributed by atoms with Crippen molar-refractivity contribution in [2.45, 2.75) is 13.5 Å². The van der Waals surface area contributed by atoms with Crippen molar-refractivity contribution in [2.75, 3.05) is 7.11 Å². The van der Waals surface area contributed by atoms with E-state index in [1.54, 1.807) is 22.8 Å². The van der Waals surface area contributed by atoms with Crippen LogP contribution in [0.1, 0.15) is 17.3 Å². The van der Waals surface area contributed by atoms with Gasteiger partial charge >= 0.3 is 0 Å². The molecule has 0 spiro atoms. The monoisotopic (exact) mass is 324 g/mol. The predicted octanol–water partition coefficient (Wildman–Crippen LogP) is 0.865. The van der Waals surface area contributed by atoms with E-state index >= 15 is 0 Å². The van der Waals surface area contributed by atoms with E-state index in [-0.39, 0.29) is 23.9 Å². The van der Waals surface area contributed by atoms with Gasteiger partial charge in [-0.15, -0.1) is 12.4 Å². The summed E-state index contributed by atoms with van der Waals surface area (Å²) in [6, 6.07) is 5.12. The van der Waals surface area contributed by atoms with Crippen molar-refractivity contribution in [1.82, 2.24) is 4.57 Å². The largest absolute Gasteiger partial charge is 0.497 e. The first-order valence-electron chi connectivity index (χ1n) is 6.33. The van der Waals surface area contributed by atoms with E-state index in [0.717, 1.165) is 0 Å². The maximum absolute atomic E-state index is 12.4. The Balaban J connectivity index is 0.00000242. The number of nitrogens with two attached hydrogens (primary N) is 2. The minimum absolute atomic E-state index is 0. The van der Waals surface area contributed by atoms with Gasteiger partial charge in [-0.25, -0.2) is 0 Å². The van der Waals surface area contributed by atoms with Crippen molar-refractivity contribution >= 4 is 35.2 Å². The fraction of sp³-hybridized carbons (Fsp3) is 0.214. The molecule has 0 aliphatic heterocycles. The van der Waals surface area contributed by atoms with Crippen LogP contribution in [-0.2, 0) is 6.54 Å². The first kappa shape index (κ1) is 17.5. The van der Waals surface area contributed by atoms with Crippen LogP contribution in [0.3, 0.4) is 0 Å². The van der Waals surface area contributed by atoms with E-state index in [2.05, 4.69) is 4.99 Å².